The van der Waals surface area contributed by atoms with E-state index in [0.29, 0.717) is 22.2 Å². The number of benzene rings is 2. The minimum absolute atomic E-state index is 0.0427. The van der Waals surface area contributed by atoms with Crippen LogP contribution in [-0.4, -0.2) is 17.3 Å². The van der Waals surface area contributed by atoms with Crippen molar-refractivity contribution in [1.82, 2.24) is 10.2 Å². The van der Waals surface area contributed by atoms with Gasteiger partial charge >= 0.3 is 0 Å². The highest BCUT2D eigenvalue weighted by molar-refractivity contribution is 9.10. The molecule has 2 heterocycles. The lowest BCUT2D eigenvalue weighted by molar-refractivity contribution is 0.379. The molecule has 28 heavy (non-hydrogen) atoms. The van der Waals surface area contributed by atoms with E-state index in [4.69, 9.17) is 26.8 Å². The second-order valence-corrected chi connectivity index (χ2v) is 7.43. The van der Waals surface area contributed by atoms with Gasteiger partial charge in [0.2, 0.25) is 11.8 Å². The number of nitrogens with two attached hydrogens (primary N) is 1. The number of H-pyrrole nitrogens is 1. The number of methoxy groups -OCH3 is 1. The third kappa shape index (κ3) is 3.01. The molecule has 3 aromatic rings. The standard InChI is InChI=1S/C20H14BrClN4O2/c1-27-15-7-4-11(8-14(15)21)16-13(9-23)19(24)28-20-17(16)18(25-26-20)10-2-5-12(22)6-3-10/h2-8,16H,24H2,1H3,(H,25,26)/t16-/m0/s1. The molecule has 0 amide bonds. The predicted octanol–water partition coefficient (Wildman–Crippen LogP) is 4.72. The number of nitrogens with one attached hydrogen (secondary N) is 1. The first-order valence-electron chi connectivity index (χ1n) is 8.28. The van der Waals surface area contributed by atoms with Gasteiger partial charge in [0.25, 0.3) is 0 Å². The Labute approximate surface area is 174 Å². The molecule has 0 unspecified atom stereocenters. The summed E-state index contributed by atoms with van der Waals surface area (Å²) in [6, 6.07) is 15.2. The predicted molar refractivity (Wildman–Crippen MR) is 109 cm³/mol. The van der Waals surface area contributed by atoms with Gasteiger partial charge in [-0.1, -0.05) is 29.8 Å². The van der Waals surface area contributed by atoms with Crippen LogP contribution in [0.5, 0.6) is 11.6 Å². The number of aromatic amines is 1. The summed E-state index contributed by atoms with van der Waals surface area (Å²) in [6.45, 7) is 0. The molecule has 8 heteroatoms. The Bertz CT molecular complexity index is 1130. The summed E-state index contributed by atoms with van der Waals surface area (Å²) in [5.41, 5.74) is 9.55. The van der Waals surface area contributed by atoms with Crippen molar-refractivity contribution in [3.8, 4) is 29.0 Å². The van der Waals surface area contributed by atoms with Gasteiger partial charge in [0.15, 0.2) is 0 Å². The topological polar surface area (TPSA) is 96.9 Å². The quantitative estimate of drug-likeness (QED) is 0.593. The van der Waals surface area contributed by atoms with E-state index in [1.54, 1.807) is 19.2 Å². The van der Waals surface area contributed by atoms with Crippen LogP contribution in [-0.2, 0) is 0 Å². The number of nitrogens with zero attached hydrogens (tertiary/aromatic N) is 2. The van der Waals surface area contributed by atoms with Gasteiger partial charge in [-0.05, 0) is 45.8 Å². The SMILES string of the molecule is COc1ccc([C@H]2C(C#N)=C(N)Oc3n[nH]c(-c4ccc(Cl)cc4)c32)cc1Br. The van der Waals surface area contributed by atoms with Crippen LogP contribution in [0.15, 0.2) is 58.4 Å². The van der Waals surface area contributed by atoms with E-state index < -0.39 is 5.92 Å². The fraction of sp³-hybridized carbons (Fsp3) is 0.100. The second kappa shape index (κ2) is 7.23. The number of nitriles is 1. The summed E-state index contributed by atoms with van der Waals surface area (Å²) in [5, 5.41) is 17.7. The largest absolute Gasteiger partial charge is 0.496 e. The lowest BCUT2D eigenvalue weighted by Gasteiger charge is -2.24. The van der Waals surface area contributed by atoms with E-state index in [-0.39, 0.29) is 5.88 Å². The Morgan fingerprint density at radius 3 is 2.68 bits per heavy atom. The molecule has 1 aliphatic heterocycles. The number of hydrogen-bond acceptors (Lipinski definition) is 5. The molecule has 0 fully saturated rings. The fourth-order valence-electron chi connectivity index (χ4n) is 3.28. The van der Waals surface area contributed by atoms with Gasteiger partial charge in [0.05, 0.1) is 28.8 Å². The van der Waals surface area contributed by atoms with E-state index in [2.05, 4.69) is 32.2 Å². The summed E-state index contributed by atoms with van der Waals surface area (Å²) in [6.07, 6.45) is 0. The first kappa shape index (κ1) is 18.4. The van der Waals surface area contributed by atoms with Crippen molar-refractivity contribution in [2.24, 2.45) is 5.73 Å². The molecule has 140 valence electrons. The van der Waals surface area contributed by atoms with Crippen LogP contribution in [0.3, 0.4) is 0 Å². The molecule has 0 radical (unpaired) electrons. The molecule has 1 atom stereocenters. The molecule has 0 spiro atoms. The number of aromatic nitrogens is 2. The number of hydrogen-bond donors (Lipinski definition) is 2. The van der Waals surface area contributed by atoms with Crippen molar-refractivity contribution >= 4 is 27.5 Å². The first-order chi connectivity index (χ1) is 13.5. The average Bonchev–Trinajstić information content (AvgIpc) is 3.10. The molecular weight excluding hydrogens is 444 g/mol. The van der Waals surface area contributed by atoms with E-state index in [1.165, 1.54) is 0 Å². The van der Waals surface area contributed by atoms with Crippen LogP contribution in [0.1, 0.15) is 17.0 Å². The highest BCUT2D eigenvalue weighted by Crippen LogP contribution is 2.46. The summed E-state index contributed by atoms with van der Waals surface area (Å²) >= 11 is 9.53. The number of ether oxygens (including phenoxy) is 2. The summed E-state index contributed by atoms with van der Waals surface area (Å²) < 4.78 is 11.7. The van der Waals surface area contributed by atoms with Crippen molar-refractivity contribution in [2.75, 3.05) is 7.11 Å². The van der Waals surface area contributed by atoms with Crippen LogP contribution in [0.2, 0.25) is 5.02 Å². The zero-order chi connectivity index (χ0) is 19.8. The van der Waals surface area contributed by atoms with Gasteiger partial charge in [-0.2, -0.15) is 5.26 Å². The van der Waals surface area contributed by atoms with Crippen molar-refractivity contribution in [3.05, 3.63) is 74.5 Å². The number of rotatable bonds is 3. The van der Waals surface area contributed by atoms with Gasteiger partial charge in [-0.3, -0.25) is 5.10 Å². The third-order valence-electron chi connectivity index (χ3n) is 4.58. The lowest BCUT2D eigenvalue weighted by atomic mass is 9.83. The van der Waals surface area contributed by atoms with Crippen LogP contribution >= 0.6 is 27.5 Å². The zero-order valence-electron chi connectivity index (χ0n) is 14.7. The van der Waals surface area contributed by atoms with Crippen molar-refractivity contribution in [3.63, 3.8) is 0 Å². The first-order valence-corrected chi connectivity index (χ1v) is 9.45. The van der Waals surface area contributed by atoms with Crippen LogP contribution in [0.25, 0.3) is 11.3 Å². The summed E-state index contributed by atoms with van der Waals surface area (Å²) in [7, 11) is 1.60. The Balaban J connectivity index is 1.93. The summed E-state index contributed by atoms with van der Waals surface area (Å²) in [4.78, 5) is 0. The Morgan fingerprint density at radius 1 is 1.29 bits per heavy atom. The van der Waals surface area contributed by atoms with Crippen LogP contribution < -0.4 is 15.2 Å². The second-order valence-electron chi connectivity index (χ2n) is 6.14. The Morgan fingerprint density at radius 2 is 2.04 bits per heavy atom. The normalized spacial score (nSPS) is 15.6. The maximum atomic E-state index is 9.77. The van der Waals surface area contributed by atoms with Gasteiger partial charge in [0.1, 0.15) is 17.4 Å². The molecule has 0 bridgehead atoms. The number of fused-ring (bicyclic) bond motifs is 1. The monoisotopic (exact) mass is 456 g/mol. The lowest BCUT2D eigenvalue weighted by Crippen LogP contribution is -2.21. The molecule has 4 rings (SSSR count). The molecule has 6 nitrogen and oxygen atoms in total. The molecule has 2 aromatic carbocycles. The molecule has 0 aliphatic carbocycles. The maximum absolute atomic E-state index is 9.77. The third-order valence-corrected chi connectivity index (χ3v) is 5.45. The van der Waals surface area contributed by atoms with Gasteiger partial charge in [-0.25, -0.2) is 0 Å². The fourth-order valence-corrected chi connectivity index (χ4v) is 3.96. The highest BCUT2D eigenvalue weighted by atomic mass is 79.9. The van der Waals surface area contributed by atoms with Crippen molar-refractivity contribution < 1.29 is 9.47 Å². The average molecular weight is 458 g/mol. The Kier molecular flexibility index (Phi) is 4.75. The molecule has 1 aliphatic rings. The summed E-state index contributed by atoms with van der Waals surface area (Å²) in [5.74, 6) is 0.636. The highest BCUT2D eigenvalue weighted by Gasteiger charge is 2.35. The minimum atomic E-state index is -0.444. The Hall–Kier alpha value is -2.95. The van der Waals surface area contributed by atoms with E-state index in [1.807, 2.05) is 30.3 Å². The number of halogens is 2. The molecule has 3 N–H and O–H groups in total. The van der Waals surface area contributed by atoms with Crippen molar-refractivity contribution in [1.29, 1.82) is 5.26 Å². The van der Waals surface area contributed by atoms with E-state index in [9.17, 15) is 5.26 Å². The van der Waals surface area contributed by atoms with E-state index in [0.717, 1.165) is 26.9 Å². The van der Waals surface area contributed by atoms with Crippen molar-refractivity contribution in [2.45, 2.75) is 5.92 Å². The molecular formula is C20H14BrClN4O2. The van der Waals surface area contributed by atoms with Gasteiger partial charge in [-0.15, -0.1) is 5.10 Å². The zero-order valence-corrected chi connectivity index (χ0v) is 17.0. The maximum Gasteiger partial charge on any atom is 0.244 e. The van der Waals surface area contributed by atoms with Gasteiger partial charge in [0, 0.05) is 10.6 Å². The smallest absolute Gasteiger partial charge is 0.244 e. The van der Waals surface area contributed by atoms with Crippen LogP contribution in [0, 0.1) is 11.3 Å². The van der Waals surface area contributed by atoms with Gasteiger partial charge < -0.3 is 15.2 Å². The van der Waals surface area contributed by atoms with Crippen LogP contribution in [0.4, 0.5) is 0 Å². The molecule has 0 saturated carbocycles. The number of allylic oxidation sites excluding steroid dienone is 1. The minimum Gasteiger partial charge on any atom is -0.496 e. The molecule has 0 saturated heterocycles. The molecule has 1 aromatic heterocycles. The van der Waals surface area contributed by atoms with E-state index >= 15 is 0 Å².